The summed E-state index contributed by atoms with van der Waals surface area (Å²) in [5.74, 6) is -0.685. The normalized spacial score (nSPS) is 19.8. The van der Waals surface area contributed by atoms with Crippen molar-refractivity contribution in [3.8, 4) is 0 Å². The molecule has 25 heavy (non-hydrogen) atoms. The lowest BCUT2D eigenvalue weighted by atomic mass is 10.1. The number of thioether (sulfide) groups is 1. The maximum Gasteiger partial charge on any atom is 0.329 e. The number of benzene rings is 1. The lowest BCUT2D eigenvalue weighted by Gasteiger charge is -2.34. The van der Waals surface area contributed by atoms with Crippen LogP contribution in [-0.2, 0) is 14.3 Å². The molecule has 3 amide bonds. The number of hydrogen-bond acceptors (Lipinski definition) is 6. The van der Waals surface area contributed by atoms with Crippen molar-refractivity contribution in [3.63, 3.8) is 0 Å². The van der Waals surface area contributed by atoms with Crippen LogP contribution in [0.3, 0.4) is 0 Å². The highest BCUT2D eigenvalue weighted by Crippen LogP contribution is 2.23. The van der Waals surface area contributed by atoms with Crippen molar-refractivity contribution in [2.75, 3.05) is 31.2 Å². The largest absolute Gasteiger partial charge is 0.464 e. The zero-order chi connectivity index (χ0) is 18.0. The first-order valence-corrected chi connectivity index (χ1v) is 9.19. The molecular formula is C17H18N2O5S. The molecular weight excluding hydrogens is 344 g/mol. The zero-order valence-electron chi connectivity index (χ0n) is 13.8. The van der Waals surface area contributed by atoms with Crippen LogP contribution in [0.4, 0.5) is 0 Å². The van der Waals surface area contributed by atoms with Crippen molar-refractivity contribution >= 4 is 35.5 Å². The highest BCUT2D eigenvalue weighted by Gasteiger charge is 2.39. The van der Waals surface area contributed by atoms with Crippen LogP contribution in [-0.4, -0.2) is 70.7 Å². The Kier molecular flexibility index (Phi) is 5.08. The fraction of sp³-hybridized carbons (Fsp3) is 0.412. The third kappa shape index (κ3) is 3.26. The molecule has 2 aliphatic heterocycles. The van der Waals surface area contributed by atoms with E-state index in [-0.39, 0.29) is 13.2 Å². The van der Waals surface area contributed by atoms with E-state index in [4.69, 9.17) is 4.74 Å². The van der Waals surface area contributed by atoms with Crippen LogP contribution in [0, 0.1) is 0 Å². The lowest BCUT2D eigenvalue weighted by Crippen LogP contribution is -2.54. The third-order valence-electron chi connectivity index (χ3n) is 4.18. The summed E-state index contributed by atoms with van der Waals surface area (Å²) in [7, 11) is 0. The van der Waals surface area contributed by atoms with Gasteiger partial charge < -0.3 is 9.64 Å². The molecule has 0 aliphatic carbocycles. The topological polar surface area (TPSA) is 84.0 Å². The standard InChI is InChI=1S/C17H18N2O5S/c1-2-24-17(23)13-10-25-8-7-18(13)14(20)9-19-15(21)11-5-3-4-6-12(11)16(19)22/h3-6,13H,2,7-10H2,1H3. The summed E-state index contributed by atoms with van der Waals surface area (Å²) >= 11 is 1.57. The van der Waals surface area contributed by atoms with Crippen LogP contribution < -0.4 is 0 Å². The zero-order valence-corrected chi connectivity index (χ0v) is 14.6. The highest BCUT2D eigenvalue weighted by atomic mass is 32.2. The monoisotopic (exact) mass is 362 g/mol. The van der Waals surface area contributed by atoms with Crippen molar-refractivity contribution in [2.45, 2.75) is 13.0 Å². The van der Waals surface area contributed by atoms with E-state index in [1.807, 2.05) is 0 Å². The molecule has 2 aliphatic rings. The Labute approximate surface area is 149 Å². The van der Waals surface area contributed by atoms with Gasteiger partial charge in [-0.05, 0) is 19.1 Å². The van der Waals surface area contributed by atoms with E-state index in [0.29, 0.717) is 29.2 Å². The molecule has 0 saturated carbocycles. The third-order valence-corrected chi connectivity index (χ3v) is 5.20. The minimum atomic E-state index is -0.679. The predicted octanol–water partition coefficient (Wildman–Crippen LogP) is 0.790. The molecule has 1 fully saturated rings. The van der Waals surface area contributed by atoms with Gasteiger partial charge in [-0.25, -0.2) is 4.79 Å². The molecule has 0 radical (unpaired) electrons. The van der Waals surface area contributed by atoms with E-state index in [2.05, 4.69) is 0 Å². The fourth-order valence-corrected chi connectivity index (χ4v) is 3.98. The molecule has 2 heterocycles. The number of nitrogens with zero attached hydrogens (tertiary/aromatic N) is 2. The first-order valence-electron chi connectivity index (χ1n) is 8.03. The van der Waals surface area contributed by atoms with Crippen LogP contribution in [0.25, 0.3) is 0 Å². The van der Waals surface area contributed by atoms with Gasteiger partial charge in [0.05, 0.1) is 17.7 Å². The molecule has 1 saturated heterocycles. The molecule has 1 atom stereocenters. The molecule has 1 unspecified atom stereocenters. The lowest BCUT2D eigenvalue weighted by molar-refractivity contribution is -0.153. The van der Waals surface area contributed by atoms with E-state index < -0.39 is 29.7 Å². The van der Waals surface area contributed by atoms with Crippen molar-refractivity contribution in [1.29, 1.82) is 0 Å². The summed E-state index contributed by atoms with van der Waals surface area (Å²) in [4.78, 5) is 51.9. The molecule has 0 aromatic heterocycles. The van der Waals surface area contributed by atoms with Crippen molar-refractivity contribution in [1.82, 2.24) is 9.80 Å². The van der Waals surface area contributed by atoms with Crippen molar-refractivity contribution in [2.24, 2.45) is 0 Å². The number of esters is 1. The summed E-state index contributed by atoms with van der Waals surface area (Å²) in [5, 5.41) is 0. The van der Waals surface area contributed by atoms with Crippen molar-refractivity contribution < 1.29 is 23.9 Å². The van der Waals surface area contributed by atoms with Crippen LogP contribution in [0.5, 0.6) is 0 Å². The summed E-state index contributed by atoms with van der Waals surface area (Å²) in [6.07, 6.45) is 0. The number of fused-ring (bicyclic) bond motifs is 1. The number of carbonyl (C=O) groups excluding carboxylic acids is 4. The van der Waals surface area contributed by atoms with E-state index >= 15 is 0 Å². The molecule has 3 rings (SSSR count). The Morgan fingerprint density at radius 3 is 2.44 bits per heavy atom. The van der Waals surface area contributed by atoms with Gasteiger partial charge in [0.1, 0.15) is 12.6 Å². The molecule has 1 aromatic rings. The smallest absolute Gasteiger partial charge is 0.329 e. The minimum Gasteiger partial charge on any atom is -0.464 e. The molecule has 0 bridgehead atoms. The maximum atomic E-state index is 12.7. The summed E-state index contributed by atoms with van der Waals surface area (Å²) in [5.41, 5.74) is 0.605. The Hall–Kier alpha value is -2.35. The fourth-order valence-electron chi connectivity index (χ4n) is 2.94. The second kappa shape index (κ2) is 7.26. The Balaban J connectivity index is 1.74. The predicted molar refractivity (Wildman–Crippen MR) is 91.3 cm³/mol. The molecule has 132 valence electrons. The van der Waals surface area contributed by atoms with E-state index in [9.17, 15) is 19.2 Å². The number of rotatable bonds is 4. The van der Waals surface area contributed by atoms with Gasteiger partial charge in [0.15, 0.2) is 0 Å². The van der Waals surface area contributed by atoms with Crippen LogP contribution in [0.2, 0.25) is 0 Å². The molecule has 1 aromatic carbocycles. The highest BCUT2D eigenvalue weighted by molar-refractivity contribution is 7.99. The quantitative estimate of drug-likeness (QED) is 0.582. The van der Waals surface area contributed by atoms with Gasteiger partial charge in [-0.15, -0.1) is 0 Å². The average molecular weight is 362 g/mol. The van der Waals surface area contributed by atoms with Gasteiger partial charge in [-0.1, -0.05) is 12.1 Å². The van der Waals surface area contributed by atoms with Gasteiger partial charge in [-0.3, -0.25) is 19.3 Å². The molecule has 7 nitrogen and oxygen atoms in total. The number of amides is 3. The van der Waals surface area contributed by atoms with E-state index in [1.54, 1.807) is 43.0 Å². The van der Waals surface area contributed by atoms with Gasteiger partial charge in [0.2, 0.25) is 5.91 Å². The summed E-state index contributed by atoms with van der Waals surface area (Å²) < 4.78 is 5.03. The van der Waals surface area contributed by atoms with E-state index in [0.717, 1.165) is 4.90 Å². The molecule has 0 N–H and O–H groups in total. The van der Waals surface area contributed by atoms with Crippen LogP contribution >= 0.6 is 11.8 Å². The average Bonchev–Trinajstić information content (AvgIpc) is 2.87. The van der Waals surface area contributed by atoms with Gasteiger partial charge in [0.25, 0.3) is 11.8 Å². The van der Waals surface area contributed by atoms with Gasteiger partial charge in [0, 0.05) is 18.1 Å². The first kappa shape index (κ1) is 17.5. The Morgan fingerprint density at radius 2 is 1.84 bits per heavy atom. The number of imide groups is 1. The van der Waals surface area contributed by atoms with Gasteiger partial charge in [-0.2, -0.15) is 11.8 Å². The summed E-state index contributed by atoms with van der Waals surface area (Å²) in [6, 6.07) is 5.81. The second-order valence-electron chi connectivity index (χ2n) is 5.67. The first-order chi connectivity index (χ1) is 12.0. The molecule has 8 heteroatoms. The van der Waals surface area contributed by atoms with Crippen LogP contribution in [0.1, 0.15) is 27.6 Å². The molecule has 0 spiro atoms. The SMILES string of the molecule is CCOC(=O)C1CSCCN1C(=O)CN1C(=O)c2ccccc2C1=O. The second-order valence-corrected chi connectivity index (χ2v) is 6.82. The Bertz CT molecular complexity index is 701. The number of ether oxygens (including phenoxy) is 1. The minimum absolute atomic E-state index is 0.237. The van der Waals surface area contributed by atoms with Gasteiger partial charge >= 0.3 is 5.97 Å². The number of carbonyl (C=O) groups is 4. The Morgan fingerprint density at radius 1 is 1.20 bits per heavy atom. The van der Waals surface area contributed by atoms with E-state index in [1.165, 1.54) is 4.90 Å². The maximum absolute atomic E-state index is 12.7. The number of hydrogen-bond donors (Lipinski definition) is 0. The van der Waals surface area contributed by atoms with Crippen molar-refractivity contribution in [3.05, 3.63) is 35.4 Å². The van der Waals surface area contributed by atoms with Crippen LogP contribution in [0.15, 0.2) is 24.3 Å². The summed E-state index contributed by atoms with van der Waals surface area (Å²) in [6.45, 7) is 1.96.